The van der Waals surface area contributed by atoms with Crippen LogP contribution in [0.3, 0.4) is 0 Å². The summed E-state index contributed by atoms with van der Waals surface area (Å²) < 4.78 is 0. The molecule has 0 aliphatic heterocycles. The van der Waals surface area contributed by atoms with Crippen molar-refractivity contribution in [3.8, 4) is 0 Å². The number of allylic oxidation sites excluding steroid dienone is 3. The summed E-state index contributed by atoms with van der Waals surface area (Å²) in [5.74, 6) is 0. The van der Waals surface area contributed by atoms with Crippen molar-refractivity contribution in [3.05, 3.63) is 59.7 Å². The molecule has 0 aromatic heterocycles. The van der Waals surface area contributed by atoms with Crippen molar-refractivity contribution >= 4 is 0 Å². The van der Waals surface area contributed by atoms with Gasteiger partial charge in [0.2, 0.25) is 0 Å². The zero-order valence-corrected chi connectivity index (χ0v) is 10.9. The maximum Gasteiger partial charge on any atom is -0.00638 e. The van der Waals surface area contributed by atoms with Crippen LogP contribution in [-0.2, 0) is 11.8 Å². The highest BCUT2D eigenvalue weighted by molar-refractivity contribution is 5.35. The lowest BCUT2D eigenvalue weighted by molar-refractivity contribution is 0.584. The number of hydrogen-bond donors (Lipinski definition) is 0. The average Bonchev–Trinajstić information content (AvgIpc) is 2.17. The van der Waals surface area contributed by atoms with Gasteiger partial charge in [-0.2, -0.15) is 0 Å². The summed E-state index contributed by atoms with van der Waals surface area (Å²) in [4.78, 5) is 0. The summed E-state index contributed by atoms with van der Waals surface area (Å²) in [5, 5.41) is 0. The Morgan fingerprint density at radius 2 is 1.88 bits per heavy atom. The highest BCUT2D eigenvalue weighted by Crippen LogP contribution is 2.27. The van der Waals surface area contributed by atoms with Gasteiger partial charge in [0.05, 0.1) is 0 Å². The highest BCUT2D eigenvalue weighted by Gasteiger charge is 2.16. The molecule has 0 heteroatoms. The third-order valence-corrected chi connectivity index (χ3v) is 2.70. The van der Waals surface area contributed by atoms with Crippen molar-refractivity contribution < 1.29 is 0 Å². The van der Waals surface area contributed by atoms with E-state index in [4.69, 9.17) is 0 Å². The summed E-state index contributed by atoms with van der Waals surface area (Å²) in [7, 11) is 0. The Bertz CT molecular complexity index is 389. The van der Waals surface area contributed by atoms with Crippen LogP contribution < -0.4 is 0 Å². The van der Waals surface area contributed by atoms with Crippen molar-refractivity contribution in [2.24, 2.45) is 0 Å². The molecule has 86 valence electrons. The number of hydrogen-bond acceptors (Lipinski definition) is 0. The topological polar surface area (TPSA) is 0 Å². The highest BCUT2D eigenvalue weighted by atomic mass is 14.2. The molecule has 1 rings (SSSR count). The van der Waals surface area contributed by atoms with Gasteiger partial charge in [0, 0.05) is 0 Å². The van der Waals surface area contributed by atoms with Crippen LogP contribution >= 0.6 is 0 Å². The molecule has 0 heterocycles. The third-order valence-electron chi connectivity index (χ3n) is 2.70. The Morgan fingerprint density at radius 1 is 1.25 bits per heavy atom. The lowest BCUT2D eigenvalue weighted by Crippen LogP contribution is -2.14. The summed E-state index contributed by atoms with van der Waals surface area (Å²) in [6.45, 7) is 12.7. The molecule has 0 unspecified atom stereocenters. The second-order valence-corrected chi connectivity index (χ2v) is 5.33. The monoisotopic (exact) mass is 214 g/mol. The first kappa shape index (κ1) is 12.8. The smallest absolute Gasteiger partial charge is 0.00638 e. The lowest BCUT2D eigenvalue weighted by Gasteiger charge is -2.23. The Kier molecular flexibility index (Phi) is 4.12. The van der Waals surface area contributed by atoms with E-state index in [2.05, 4.69) is 64.6 Å². The van der Waals surface area contributed by atoms with Crippen LogP contribution in [0.4, 0.5) is 0 Å². The molecule has 0 amide bonds. The summed E-state index contributed by atoms with van der Waals surface area (Å²) in [5.41, 5.74) is 4.43. The van der Waals surface area contributed by atoms with Gasteiger partial charge in [0.25, 0.3) is 0 Å². The van der Waals surface area contributed by atoms with Crippen LogP contribution in [0.15, 0.2) is 48.6 Å². The van der Waals surface area contributed by atoms with Crippen molar-refractivity contribution in [1.82, 2.24) is 0 Å². The summed E-state index contributed by atoms with van der Waals surface area (Å²) in [6.07, 6.45) is 4.95. The fourth-order valence-electron chi connectivity index (χ4n) is 1.97. The Morgan fingerprint density at radius 3 is 2.44 bits per heavy atom. The van der Waals surface area contributed by atoms with Crippen LogP contribution in [-0.4, -0.2) is 0 Å². The Hall–Kier alpha value is -1.30. The molecular weight excluding hydrogens is 192 g/mol. The zero-order valence-electron chi connectivity index (χ0n) is 10.9. The molecule has 1 aromatic rings. The molecule has 0 spiro atoms. The van der Waals surface area contributed by atoms with Crippen LogP contribution in [0.2, 0.25) is 0 Å². The summed E-state index contributed by atoms with van der Waals surface area (Å²) in [6, 6.07) is 8.69. The van der Waals surface area contributed by atoms with Crippen LogP contribution in [0.1, 0.15) is 38.8 Å². The van der Waals surface area contributed by atoms with E-state index in [9.17, 15) is 0 Å². The normalized spacial score (nSPS) is 12.6. The van der Waals surface area contributed by atoms with E-state index in [1.54, 1.807) is 0 Å². The van der Waals surface area contributed by atoms with Gasteiger partial charge in [-0.25, -0.2) is 0 Å². The van der Waals surface area contributed by atoms with Gasteiger partial charge < -0.3 is 0 Å². The molecule has 0 saturated heterocycles. The first-order valence-corrected chi connectivity index (χ1v) is 5.81. The van der Waals surface area contributed by atoms with Crippen molar-refractivity contribution in [2.45, 2.75) is 39.5 Å². The number of rotatable bonds is 3. The molecule has 0 N–H and O–H groups in total. The molecule has 1 aromatic carbocycles. The van der Waals surface area contributed by atoms with E-state index < -0.39 is 0 Å². The van der Waals surface area contributed by atoms with Gasteiger partial charge in [0.15, 0.2) is 0 Å². The van der Waals surface area contributed by atoms with Gasteiger partial charge in [0.1, 0.15) is 0 Å². The Balaban J connectivity index is 3.05. The van der Waals surface area contributed by atoms with Gasteiger partial charge in [-0.05, 0) is 29.9 Å². The van der Waals surface area contributed by atoms with E-state index >= 15 is 0 Å². The van der Waals surface area contributed by atoms with Gasteiger partial charge in [-0.1, -0.05) is 69.3 Å². The second kappa shape index (κ2) is 5.16. The second-order valence-electron chi connectivity index (χ2n) is 5.33. The molecule has 16 heavy (non-hydrogen) atoms. The SMILES string of the molecule is C=C/C=C(\C)Cc1ccccc1C(C)(C)C. The van der Waals surface area contributed by atoms with Crippen LogP contribution in [0.25, 0.3) is 0 Å². The van der Waals surface area contributed by atoms with E-state index in [1.807, 2.05) is 6.08 Å². The predicted molar refractivity (Wildman–Crippen MR) is 72.8 cm³/mol. The maximum atomic E-state index is 3.74. The molecule has 0 aliphatic rings. The molecule has 0 fully saturated rings. The summed E-state index contributed by atoms with van der Waals surface area (Å²) >= 11 is 0. The molecule has 0 saturated carbocycles. The van der Waals surface area contributed by atoms with E-state index in [0.717, 1.165) is 6.42 Å². The van der Waals surface area contributed by atoms with Crippen molar-refractivity contribution in [2.75, 3.05) is 0 Å². The third kappa shape index (κ3) is 3.37. The van der Waals surface area contributed by atoms with Gasteiger partial charge >= 0.3 is 0 Å². The molecule has 0 radical (unpaired) electrons. The standard InChI is InChI=1S/C16H22/c1-6-9-13(2)12-14-10-7-8-11-15(14)16(3,4)5/h6-11H,1,12H2,2-5H3/b13-9+. The van der Waals surface area contributed by atoms with Crippen LogP contribution in [0.5, 0.6) is 0 Å². The average molecular weight is 214 g/mol. The first-order chi connectivity index (χ1) is 7.45. The maximum absolute atomic E-state index is 3.74. The quantitative estimate of drug-likeness (QED) is 0.642. The van der Waals surface area contributed by atoms with Crippen molar-refractivity contribution in [3.63, 3.8) is 0 Å². The predicted octanol–water partition coefficient (Wildman–Crippen LogP) is 4.66. The van der Waals surface area contributed by atoms with Gasteiger partial charge in [-0.3, -0.25) is 0 Å². The van der Waals surface area contributed by atoms with E-state index in [0.29, 0.717) is 0 Å². The van der Waals surface area contributed by atoms with Gasteiger partial charge in [-0.15, -0.1) is 0 Å². The minimum atomic E-state index is 0.213. The molecule has 0 nitrogen and oxygen atoms in total. The minimum absolute atomic E-state index is 0.213. The Labute approximate surface area is 99.7 Å². The van der Waals surface area contributed by atoms with Crippen LogP contribution in [0, 0.1) is 0 Å². The van der Waals surface area contributed by atoms with E-state index in [1.165, 1.54) is 16.7 Å². The largest absolute Gasteiger partial charge is 0.0991 e. The molecule has 0 bridgehead atoms. The minimum Gasteiger partial charge on any atom is -0.0991 e. The molecular formula is C16H22. The lowest BCUT2D eigenvalue weighted by atomic mass is 9.82. The van der Waals surface area contributed by atoms with E-state index in [-0.39, 0.29) is 5.41 Å². The fourth-order valence-corrected chi connectivity index (χ4v) is 1.97. The van der Waals surface area contributed by atoms with Crippen molar-refractivity contribution in [1.29, 1.82) is 0 Å². The first-order valence-electron chi connectivity index (χ1n) is 5.81. The molecule has 0 aliphatic carbocycles. The zero-order chi connectivity index (χ0) is 12.2. The fraction of sp³-hybridized carbons (Fsp3) is 0.375. The molecule has 0 atom stereocenters. The number of benzene rings is 1.